The lowest BCUT2D eigenvalue weighted by molar-refractivity contribution is -0.132. The van der Waals surface area contributed by atoms with Crippen LogP contribution in [0.3, 0.4) is 0 Å². The van der Waals surface area contributed by atoms with Crippen LogP contribution in [0.2, 0.25) is 0 Å². The third-order valence-electron chi connectivity index (χ3n) is 4.90. The molecule has 0 radical (unpaired) electrons. The normalized spacial score (nSPS) is 24.4. The molecular weight excluding hydrogens is 306 g/mol. The number of likely N-dealkylation sites (tertiary alicyclic amines) is 2. The molecule has 0 N–H and O–H groups in total. The molecule has 0 spiro atoms. The molecule has 3 rings (SSSR count). The number of piperidine rings is 2. The van der Waals surface area contributed by atoms with Crippen LogP contribution in [0.1, 0.15) is 39.0 Å². The van der Waals surface area contributed by atoms with Gasteiger partial charge in [-0.2, -0.15) is 0 Å². The lowest BCUT2D eigenvalue weighted by Crippen LogP contribution is -2.52. The topological polar surface area (TPSA) is 36.4 Å². The zero-order valence-electron chi connectivity index (χ0n) is 14.0. The Labute approximate surface area is 143 Å². The number of thioether (sulfide) groups is 1. The van der Waals surface area contributed by atoms with E-state index in [9.17, 15) is 4.79 Å². The fourth-order valence-electron chi connectivity index (χ4n) is 3.64. The van der Waals surface area contributed by atoms with Crippen LogP contribution in [-0.4, -0.2) is 58.2 Å². The molecule has 1 aromatic rings. The Kier molecular flexibility index (Phi) is 5.95. The van der Waals surface area contributed by atoms with Gasteiger partial charge in [-0.1, -0.05) is 24.2 Å². The van der Waals surface area contributed by atoms with E-state index in [4.69, 9.17) is 0 Å². The summed E-state index contributed by atoms with van der Waals surface area (Å²) in [4.78, 5) is 21.8. The van der Waals surface area contributed by atoms with Crippen molar-refractivity contribution in [3.05, 3.63) is 24.4 Å². The van der Waals surface area contributed by atoms with E-state index >= 15 is 0 Å². The fourth-order valence-corrected chi connectivity index (χ4v) is 4.53. The maximum atomic E-state index is 12.8. The highest BCUT2D eigenvalue weighted by atomic mass is 32.2. The van der Waals surface area contributed by atoms with Crippen LogP contribution in [0.4, 0.5) is 0 Å². The highest BCUT2D eigenvalue weighted by molar-refractivity contribution is 8.00. The maximum Gasteiger partial charge on any atom is 0.235 e. The van der Waals surface area contributed by atoms with E-state index in [0.29, 0.717) is 6.04 Å². The molecule has 0 bridgehead atoms. The first kappa shape index (κ1) is 16.8. The van der Waals surface area contributed by atoms with Crippen LogP contribution < -0.4 is 0 Å². The Balaban J connectivity index is 1.55. The summed E-state index contributed by atoms with van der Waals surface area (Å²) in [6.45, 7) is 6.25. The van der Waals surface area contributed by atoms with Crippen molar-refractivity contribution in [1.29, 1.82) is 0 Å². The van der Waals surface area contributed by atoms with Gasteiger partial charge in [0.05, 0.1) is 10.3 Å². The van der Waals surface area contributed by atoms with E-state index < -0.39 is 0 Å². The monoisotopic (exact) mass is 333 g/mol. The van der Waals surface area contributed by atoms with E-state index in [1.165, 1.54) is 38.8 Å². The van der Waals surface area contributed by atoms with Crippen LogP contribution in [0, 0.1) is 0 Å². The van der Waals surface area contributed by atoms with Crippen LogP contribution >= 0.6 is 11.8 Å². The van der Waals surface area contributed by atoms with Crippen LogP contribution in [0.15, 0.2) is 29.4 Å². The first-order valence-corrected chi connectivity index (χ1v) is 9.72. The fraction of sp³-hybridized carbons (Fsp3) is 0.667. The minimum absolute atomic E-state index is 0.0648. The number of pyridine rings is 1. The zero-order valence-corrected chi connectivity index (χ0v) is 14.8. The van der Waals surface area contributed by atoms with Crippen LogP contribution in [0.5, 0.6) is 0 Å². The van der Waals surface area contributed by atoms with E-state index in [2.05, 4.69) is 14.8 Å². The molecular formula is C18H27N3OS. The van der Waals surface area contributed by atoms with Gasteiger partial charge in [0.1, 0.15) is 0 Å². The molecule has 5 heteroatoms. The number of aromatic nitrogens is 1. The largest absolute Gasteiger partial charge is 0.340 e. The van der Waals surface area contributed by atoms with Crippen LogP contribution in [0.25, 0.3) is 0 Å². The molecule has 126 valence electrons. The van der Waals surface area contributed by atoms with Gasteiger partial charge >= 0.3 is 0 Å². The third kappa shape index (κ3) is 4.48. The van der Waals surface area contributed by atoms with E-state index in [1.807, 2.05) is 25.1 Å². The molecule has 23 heavy (non-hydrogen) atoms. The Morgan fingerprint density at radius 1 is 1.22 bits per heavy atom. The zero-order chi connectivity index (χ0) is 16.1. The van der Waals surface area contributed by atoms with E-state index in [0.717, 1.165) is 24.5 Å². The standard InChI is InChI=1S/C18H27N3OS/c1-15(23-17-9-3-4-10-19-17)18(22)21-13-7-8-16(14-21)20-11-5-2-6-12-20/h3-4,9-10,15-16H,2,5-8,11-14H2,1H3. The van der Waals surface area contributed by atoms with Crippen molar-refractivity contribution in [3.63, 3.8) is 0 Å². The van der Waals surface area contributed by atoms with Gasteiger partial charge in [0, 0.05) is 25.3 Å². The van der Waals surface area contributed by atoms with Crippen molar-refractivity contribution in [1.82, 2.24) is 14.8 Å². The Morgan fingerprint density at radius 3 is 2.78 bits per heavy atom. The number of nitrogens with zero attached hydrogens (tertiary/aromatic N) is 3. The second-order valence-corrected chi connectivity index (χ2v) is 7.97. The quantitative estimate of drug-likeness (QED) is 0.794. The number of carbonyl (C=O) groups excluding carboxylic acids is 1. The molecule has 4 nitrogen and oxygen atoms in total. The summed E-state index contributed by atoms with van der Waals surface area (Å²) in [7, 11) is 0. The summed E-state index contributed by atoms with van der Waals surface area (Å²) in [5.74, 6) is 0.266. The first-order valence-electron chi connectivity index (χ1n) is 8.84. The number of hydrogen-bond acceptors (Lipinski definition) is 4. The molecule has 2 aliphatic heterocycles. The minimum atomic E-state index is -0.0648. The summed E-state index contributed by atoms with van der Waals surface area (Å²) in [6.07, 6.45) is 8.16. The number of hydrogen-bond donors (Lipinski definition) is 0. The lowest BCUT2D eigenvalue weighted by atomic mass is 10.0. The maximum absolute atomic E-state index is 12.8. The first-order chi connectivity index (χ1) is 11.2. The molecule has 1 amide bonds. The summed E-state index contributed by atoms with van der Waals surface area (Å²) in [6, 6.07) is 6.42. The second-order valence-electron chi connectivity index (χ2n) is 6.60. The molecule has 2 unspecified atom stereocenters. The van der Waals surface area contributed by atoms with Crippen molar-refractivity contribution < 1.29 is 4.79 Å². The van der Waals surface area contributed by atoms with Crippen molar-refractivity contribution in [3.8, 4) is 0 Å². The molecule has 0 saturated carbocycles. The van der Waals surface area contributed by atoms with Gasteiger partial charge in [-0.25, -0.2) is 4.98 Å². The Hall–Kier alpha value is -1.07. The molecule has 2 fully saturated rings. The predicted molar refractivity (Wildman–Crippen MR) is 94.6 cm³/mol. The SMILES string of the molecule is CC(Sc1ccccn1)C(=O)N1CCCC(N2CCCCC2)C1. The average molecular weight is 334 g/mol. The molecule has 0 aliphatic carbocycles. The third-order valence-corrected chi connectivity index (χ3v) is 5.94. The molecule has 3 heterocycles. The van der Waals surface area contributed by atoms with Crippen molar-refractivity contribution in [2.75, 3.05) is 26.2 Å². The van der Waals surface area contributed by atoms with E-state index in [1.54, 1.807) is 18.0 Å². The number of amides is 1. The molecule has 2 saturated heterocycles. The Morgan fingerprint density at radius 2 is 2.04 bits per heavy atom. The van der Waals surface area contributed by atoms with Crippen LogP contribution in [-0.2, 0) is 4.79 Å². The highest BCUT2D eigenvalue weighted by Crippen LogP contribution is 2.25. The summed E-state index contributed by atoms with van der Waals surface area (Å²) in [5, 5.41) is 0.864. The van der Waals surface area contributed by atoms with Gasteiger partial charge in [-0.15, -0.1) is 0 Å². The van der Waals surface area contributed by atoms with Gasteiger partial charge in [0.25, 0.3) is 0 Å². The van der Waals surface area contributed by atoms with Gasteiger partial charge in [-0.05, 0) is 57.8 Å². The second kappa shape index (κ2) is 8.15. The smallest absolute Gasteiger partial charge is 0.235 e. The lowest BCUT2D eigenvalue weighted by Gasteiger charge is -2.41. The minimum Gasteiger partial charge on any atom is -0.340 e. The summed E-state index contributed by atoms with van der Waals surface area (Å²) < 4.78 is 0. The molecule has 2 atom stereocenters. The predicted octanol–water partition coefficient (Wildman–Crippen LogP) is 3.04. The molecule has 2 aliphatic rings. The summed E-state index contributed by atoms with van der Waals surface area (Å²) in [5.41, 5.74) is 0. The van der Waals surface area contributed by atoms with E-state index in [-0.39, 0.29) is 11.2 Å². The van der Waals surface area contributed by atoms with Gasteiger partial charge in [-0.3, -0.25) is 9.69 Å². The number of carbonyl (C=O) groups is 1. The highest BCUT2D eigenvalue weighted by Gasteiger charge is 2.30. The molecule has 0 aromatic carbocycles. The van der Waals surface area contributed by atoms with Crippen molar-refractivity contribution in [2.45, 2.75) is 55.3 Å². The van der Waals surface area contributed by atoms with Gasteiger partial charge < -0.3 is 4.90 Å². The van der Waals surface area contributed by atoms with Crippen molar-refractivity contribution in [2.24, 2.45) is 0 Å². The summed E-state index contributed by atoms with van der Waals surface area (Å²) >= 11 is 1.57. The van der Waals surface area contributed by atoms with Gasteiger partial charge in [0.15, 0.2) is 0 Å². The number of rotatable bonds is 4. The molecule has 1 aromatic heterocycles. The Bertz CT molecular complexity index is 504. The van der Waals surface area contributed by atoms with Gasteiger partial charge in [0.2, 0.25) is 5.91 Å². The average Bonchev–Trinajstić information content (AvgIpc) is 2.63. The van der Waals surface area contributed by atoms with Crippen molar-refractivity contribution >= 4 is 17.7 Å².